The van der Waals surface area contributed by atoms with E-state index in [1.165, 1.54) is 50.6 Å². The predicted octanol–water partition coefficient (Wildman–Crippen LogP) is 3.49. The molecule has 14 nitrogen and oxygen atoms in total. The molecular weight excluding hydrogens is 603 g/mol. The summed E-state index contributed by atoms with van der Waals surface area (Å²) in [4.78, 5) is -0.452. The van der Waals surface area contributed by atoms with Gasteiger partial charge in [-0.05, 0) is 52.0 Å². The minimum Gasteiger partial charge on any atom is -0.525 e. The minimum absolute atomic E-state index is 0.0617. The summed E-state index contributed by atoms with van der Waals surface area (Å²) < 4.78 is 88.7. The van der Waals surface area contributed by atoms with Crippen molar-refractivity contribution in [1.29, 1.82) is 0 Å². The van der Waals surface area contributed by atoms with Crippen molar-refractivity contribution in [1.82, 2.24) is 10.3 Å². The molecule has 0 bridgehead atoms. The van der Waals surface area contributed by atoms with E-state index in [0.717, 1.165) is 16.3 Å². The number of aryl methyl sites for hydroxylation is 2. The molecule has 0 fully saturated rings. The third kappa shape index (κ3) is 6.34. The first-order valence-corrected chi connectivity index (χ1v) is 15.5. The molecule has 0 N–H and O–H groups in total. The summed E-state index contributed by atoms with van der Waals surface area (Å²) in [7, 11) is -5.03. The van der Waals surface area contributed by atoms with Crippen molar-refractivity contribution in [2.75, 3.05) is 36.3 Å². The molecular formula is C26H30BN4O10S2. The maximum atomic E-state index is 13.7. The van der Waals surface area contributed by atoms with Crippen LogP contribution in [0.1, 0.15) is 22.6 Å². The highest BCUT2D eigenvalue weighted by Gasteiger charge is 2.34. The third-order valence-corrected chi connectivity index (χ3v) is 9.92. The maximum Gasteiger partial charge on any atom is 0.658 e. The van der Waals surface area contributed by atoms with Crippen molar-refractivity contribution in [3.63, 3.8) is 0 Å². The monoisotopic (exact) mass is 633 g/mol. The van der Waals surface area contributed by atoms with Gasteiger partial charge in [0.25, 0.3) is 20.0 Å². The lowest BCUT2D eigenvalue weighted by Crippen LogP contribution is -2.34. The minimum atomic E-state index is -4.28. The third-order valence-electron chi connectivity index (χ3n) is 6.41. The number of hydrogen-bond acceptors (Lipinski definition) is 12. The molecule has 4 aromatic rings. The van der Waals surface area contributed by atoms with Gasteiger partial charge in [0.05, 0.1) is 0 Å². The zero-order valence-corrected chi connectivity index (χ0v) is 25.9. The number of ether oxygens (including phenoxy) is 2. The summed E-state index contributed by atoms with van der Waals surface area (Å²) in [6.07, 6.45) is 0. The number of benzene rings is 2. The second kappa shape index (κ2) is 13.1. The summed E-state index contributed by atoms with van der Waals surface area (Å²) in [5, 5.41) is 7.77. The molecule has 0 unspecified atom stereocenters. The van der Waals surface area contributed by atoms with Gasteiger partial charge in [0.1, 0.15) is 46.3 Å². The van der Waals surface area contributed by atoms with Crippen LogP contribution in [-0.4, -0.2) is 62.5 Å². The lowest BCUT2D eigenvalue weighted by Gasteiger charge is -2.23. The maximum absolute atomic E-state index is 13.7. The number of sulfonamides is 2. The number of aromatic nitrogens is 2. The highest BCUT2D eigenvalue weighted by atomic mass is 32.2. The smallest absolute Gasteiger partial charge is 0.525 e. The van der Waals surface area contributed by atoms with Gasteiger partial charge in [0.15, 0.2) is 11.6 Å². The molecule has 4 rings (SSSR count). The summed E-state index contributed by atoms with van der Waals surface area (Å²) in [5.74, 6) is 0.819. The Morgan fingerprint density at radius 1 is 0.674 bits per heavy atom. The molecule has 0 saturated carbocycles. The fourth-order valence-electron chi connectivity index (χ4n) is 3.89. The van der Waals surface area contributed by atoms with E-state index >= 15 is 0 Å². The first-order valence-electron chi connectivity index (χ1n) is 12.7. The van der Waals surface area contributed by atoms with Gasteiger partial charge >= 0.3 is 7.69 Å². The van der Waals surface area contributed by atoms with Crippen LogP contribution < -0.4 is 17.9 Å². The Labute approximate surface area is 250 Å². The average Bonchev–Trinajstić information content (AvgIpc) is 3.49. The molecule has 0 atom stereocenters. The summed E-state index contributed by atoms with van der Waals surface area (Å²) in [6, 6.07) is 11.7. The molecule has 17 heteroatoms. The molecule has 0 spiro atoms. The van der Waals surface area contributed by atoms with Gasteiger partial charge in [-0.1, -0.05) is 34.6 Å². The Kier molecular flexibility index (Phi) is 9.69. The van der Waals surface area contributed by atoms with Gasteiger partial charge in [-0.2, -0.15) is 0 Å². The molecule has 2 aromatic heterocycles. The van der Waals surface area contributed by atoms with Crippen LogP contribution in [0.3, 0.4) is 0 Å². The van der Waals surface area contributed by atoms with Crippen LogP contribution in [0.2, 0.25) is 0 Å². The van der Waals surface area contributed by atoms with Crippen molar-refractivity contribution in [2.24, 2.45) is 0 Å². The second-order valence-electron chi connectivity index (χ2n) is 9.14. The van der Waals surface area contributed by atoms with Crippen molar-refractivity contribution in [3.05, 3.63) is 71.2 Å². The number of rotatable bonds is 14. The van der Waals surface area contributed by atoms with E-state index in [4.69, 9.17) is 27.8 Å². The van der Waals surface area contributed by atoms with Gasteiger partial charge in [0, 0.05) is 25.3 Å². The molecule has 2 heterocycles. The Morgan fingerprint density at radius 3 is 1.37 bits per heavy atom. The van der Waals surface area contributed by atoms with E-state index in [2.05, 4.69) is 10.3 Å². The molecule has 229 valence electrons. The topological polar surface area (TPSA) is 164 Å². The fraction of sp³-hybridized carbons (Fsp3) is 0.308. The zero-order chi connectivity index (χ0) is 31.4. The van der Waals surface area contributed by atoms with Crippen molar-refractivity contribution < 1.29 is 44.7 Å². The number of anilines is 2. The highest BCUT2D eigenvalue weighted by molar-refractivity contribution is 7.93. The first-order chi connectivity index (χ1) is 20.4. The first kappa shape index (κ1) is 31.9. The molecule has 2 aromatic carbocycles. The normalized spacial score (nSPS) is 11.8. The van der Waals surface area contributed by atoms with E-state index in [0.29, 0.717) is 22.6 Å². The Hall–Kier alpha value is -4.06. The van der Waals surface area contributed by atoms with Gasteiger partial charge < -0.3 is 27.8 Å². The van der Waals surface area contributed by atoms with Gasteiger partial charge in [-0.25, -0.2) is 25.4 Å². The van der Waals surface area contributed by atoms with Gasteiger partial charge in [-0.3, -0.25) is 0 Å². The zero-order valence-electron chi connectivity index (χ0n) is 24.3. The lowest BCUT2D eigenvalue weighted by atomic mass is 10.3. The Balaban J connectivity index is 1.61. The van der Waals surface area contributed by atoms with E-state index in [-0.39, 0.29) is 46.4 Å². The van der Waals surface area contributed by atoms with Crippen LogP contribution in [0.5, 0.6) is 11.5 Å². The quantitative estimate of drug-likeness (QED) is 0.147. The summed E-state index contributed by atoms with van der Waals surface area (Å²) >= 11 is 0. The van der Waals surface area contributed by atoms with Crippen LogP contribution in [0.25, 0.3) is 0 Å². The fourth-order valence-corrected chi connectivity index (χ4v) is 6.89. The van der Waals surface area contributed by atoms with Crippen LogP contribution in [0.4, 0.5) is 11.6 Å². The van der Waals surface area contributed by atoms with Crippen LogP contribution in [0, 0.1) is 27.7 Å². The number of nitrogens with zero attached hydrogens (tertiary/aromatic N) is 4. The molecule has 1 radical (unpaired) electrons. The standard InChI is InChI=1S/C26H30BN4O10S2/c1-17-19(3)40-28-25(17)30(15-36-5)42(32,33)23-13-9-7-11-21(23)38-27-39-22-12-8-10-14-24(22)43(34,35)31(16-37-6)26-18(2)20(4)41-29-26/h7-14H,15-16H2,1-6H3. The number of methoxy groups -OCH3 is 2. The Morgan fingerprint density at radius 2 is 1.05 bits per heavy atom. The summed E-state index contributed by atoms with van der Waals surface area (Å²) in [6.45, 7) is 5.97. The number of hydrogen-bond donors (Lipinski definition) is 0. The van der Waals surface area contributed by atoms with Gasteiger partial charge in [0.2, 0.25) is 0 Å². The van der Waals surface area contributed by atoms with Crippen LogP contribution in [-0.2, 0) is 29.5 Å². The van der Waals surface area contributed by atoms with Crippen molar-refractivity contribution >= 4 is 39.4 Å². The largest absolute Gasteiger partial charge is 0.658 e. The lowest BCUT2D eigenvalue weighted by molar-refractivity contribution is 0.208. The van der Waals surface area contributed by atoms with Crippen LogP contribution in [0.15, 0.2) is 67.4 Å². The molecule has 0 saturated heterocycles. The predicted molar refractivity (Wildman–Crippen MR) is 155 cm³/mol. The average molecular weight is 633 g/mol. The van der Waals surface area contributed by atoms with E-state index < -0.39 is 20.0 Å². The van der Waals surface area contributed by atoms with Crippen LogP contribution >= 0.6 is 0 Å². The van der Waals surface area contributed by atoms with E-state index in [1.54, 1.807) is 39.8 Å². The molecule has 0 amide bonds. The molecule has 43 heavy (non-hydrogen) atoms. The molecule has 0 aliphatic rings. The van der Waals surface area contributed by atoms with Gasteiger partial charge in [-0.15, -0.1) is 0 Å². The Bertz CT molecular complexity index is 1660. The highest BCUT2D eigenvalue weighted by Crippen LogP contribution is 2.34. The second-order valence-corrected chi connectivity index (χ2v) is 12.8. The van der Waals surface area contributed by atoms with Crippen molar-refractivity contribution in [3.8, 4) is 11.5 Å². The number of para-hydroxylation sites is 2. The van der Waals surface area contributed by atoms with E-state index in [9.17, 15) is 16.8 Å². The SMILES string of the molecule is COCN(c1noc(C)c1C)S(=O)(=O)c1ccccc1O[B]Oc1ccccc1S(=O)(=O)N(COC)c1noc(C)c1C. The molecule has 0 aliphatic heterocycles. The van der Waals surface area contributed by atoms with E-state index in [1.807, 2.05) is 0 Å². The summed E-state index contributed by atoms with van der Waals surface area (Å²) in [5.41, 5.74) is 1.04. The van der Waals surface area contributed by atoms with Crippen molar-refractivity contribution in [2.45, 2.75) is 37.5 Å². The molecule has 0 aliphatic carbocycles.